The lowest BCUT2D eigenvalue weighted by atomic mass is 9.85. The predicted octanol–water partition coefficient (Wildman–Crippen LogP) is 5.35. The molecule has 7 heterocycles. The molecule has 1 amide bonds. The van der Waals surface area contributed by atoms with Gasteiger partial charge in [-0.1, -0.05) is 50.1 Å². The first-order chi connectivity index (χ1) is 24.8. The second-order valence-electron chi connectivity index (χ2n) is 15.2. The number of esters is 1. The largest absolute Gasteiger partial charge is 0.461 e. The van der Waals surface area contributed by atoms with Crippen LogP contribution in [-0.2, 0) is 14.3 Å². The van der Waals surface area contributed by atoms with Crippen LogP contribution in [0.3, 0.4) is 0 Å². The van der Waals surface area contributed by atoms with E-state index in [0.717, 1.165) is 62.4 Å². The van der Waals surface area contributed by atoms with Crippen LogP contribution in [0.4, 0.5) is 10.2 Å². The Balaban J connectivity index is 1.10. The van der Waals surface area contributed by atoms with Crippen LogP contribution in [0.15, 0.2) is 42.6 Å². The highest BCUT2D eigenvalue weighted by molar-refractivity contribution is 6.02. The minimum atomic E-state index is -0.738. The molecule has 262 valence electrons. The fourth-order valence-electron chi connectivity index (χ4n) is 9.57. The number of rotatable bonds is 7. The summed E-state index contributed by atoms with van der Waals surface area (Å²) < 4.78 is 28.9. The Morgan fingerprint density at radius 1 is 1.10 bits per heavy atom. The van der Waals surface area contributed by atoms with Crippen molar-refractivity contribution in [3.8, 4) is 29.6 Å². The molecule has 0 spiro atoms. The normalized spacial score (nSPS) is 25.3. The molecule has 1 unspecified atom stereocenters. The number of ether oxygens (including phenoxy) is 2. The third-order valence-corrected chi connectivity index (χ3v) is 12.1. The predicted molar refractivity (Wildman–Crippen MR) is 191 cm³/mol. The second-order valence-corrected chi connectivity index (χ2v) is 15.2. The van der Waals surface area contributed by atoms with Crippen molar-refractivity contribution >= 4 is 39.4 Å². The van der Waals surface area contributed by atoms with E-state index in [1.54, 1.807) is 6.20 Å². The molecule has 2 bridgehead atoms. The average Bonchev–Trinajstić information content (AvgIpc) is 3.79. The number of hydrogen-bond acceptors (Lipinski definition) is 9. The second kappa shape index (κ2) is 12.2. The smallest absolute Gasteiger partial charge is 0.319 e. The maximum absolute atomic E-state index is 17.0. The highest BCUT2D eigenvalue weighted by Crippen LogP contribution is 2.42. The molecule has 0 aliphatic carbocycles. The van der Waals surface area contributed by atoms with Crippen molar-refractivity contribution in [2.24, 2.45) is 11.8 Å². The molecular weight excluding hydrogens is 647 g/mol. The summed E-state index contributed by atoms with van der Waals surface area (Å²) in [4.78, 5) is 46.9. The van der Waals surface area contributed by atoms with Gasteiger partial charge in [-0.3, -0.25) is 19.5 Å². The Morgan fingerprint density at radius 3 is 2.51 bits per heavy atom. The highest BCUT2D eigenvalue weighted by atomic mass is 19.1. The number of benzene rings is 2. The molecule has 11 heteroatoms. The minimum Gasteiger partial charge on any atom is -0.461 e. The van der Waals surface area contributed by atoms with Crippen LogP contribution < -0.4 is 9.64 Å². The zero-order valence-corrected chi connectivity index (χ0v) is 29.0. The van der Waals surface area contributed by atoms with Gasteiger partial charge >= 0.3 is 12.0 Å². The Kier molecular flexibility index (Phi) is 7.65. The Labute approximate surface area is 296 Å². The number of anilines is 1. The summed E-state index contributed by atoms with van der Waals surface area (Å²) in [5.74, 6) is 1.90. The number of carbonyl (C=O) groups is 2. The van der Waals surface area contributed by atoms with E-state index >= 15 is 4.39 Å². The maximum atomic E-state index is 17.0. The number of nitrogens with zero attached hydrogens (tertiary/aromatic N) is 6. The van der Waals surface area contributed by atoms with Crippen LogP contribution in [0.5, 0.6) is 6.01 Å². The van der Waals surface area contributed by atoms with Gasteiger partial charge in [0, 0.05) is 47.9 Å². The molecule has 5 aliphatic rings. The number of fused-ring (bicyclic) bond motifs is 5. The van der Waals surface area contributed by atoms with Crippen molar-refractivity contribution in [3.63, 3.8) is 0 Å². The first-order valence-electron chi connectivity index (χ1n) is 18.3. The van der Waals surface area contributed by atoms with Gasteiger partial charge in [-0.05, 0) is 69.0 Å². The van der Waals surface area contributed by atoms with E-state index in [2.05, 4.69) is 15.7 Å². The summed E-state index contributed by atoms with van der Waals surface area (Å²) in [5.41, 5.74) is 1.50. The van der Waals surface area contributed by atoms with E-state index < -0.39 is 17.8 Å². The third-order valence-electron chi connectivity index (χ3n) is 12.1. The highest BCUT2D eigenvalue weighted by Gasteiger charge is 2.54. The van der Waals surface area contributed by atoms with E-state index in [1.807, 2.05) is 55.1 Å². The van der Waals surface area contributed by atoms with Crippen molar-refractivity contribution in [2.45, 2.75) is 76.1 Å². The zero-order valence-electron chi connectivity index (χ0n) is 29.0. The third kappa shape index (κ3) is 5.05. The molecule has 4 aromatic rings. The van der Waals surface area contributed by atoms with Gasteiger partial charge in [0.15, 0.2) is 11.9 Å². The number of piperazine rings is 1. The summed E-state index contributed by atoms with van der Waals surface area (Å²) in [6.07, 6.45) is 12.8. The van der Waals surface area contributed by atoms with Gasteiger partial charge in [0.1, 0.15) is 29.6 Å². The molecule has 5 saturated heterocycles. The lowest BCUT2D eigenvalue weighted by Crippen LogP contribution is -2.63. The molecule has 51 heavy (non-hydrogen) atoms. The average molecular weight is 689 g/mol. The number of carbonyl (C=O) groups excluding carboxylic acids is 2. The van der Waals surface area contributed by atoms with E-state index in [1.165, 1.54) is 0 Å². The molecule has 2 aromatic heterocycles. The molecular formula is C40H41FN6O4. The molecule has 5 fully saturated rings. The fraction of sp³-hybridized carbons (Fsp3) is 0.475. The molecule has 0 N–H and O–H groups in total. The molecule has 9 rings (SSSR count). The van der Waals surface area contributed by atoms with E-state index in [9.17, 15) is 9.59 Å². The number of aromatic nitrogens is 3. The van der Waals surface area contributed by atoms with E-state index in [4.69, 9.17) is 30.8 Å². The number of terminal acetylenes is 1. The lowest BCUT2D eigenvalue weighted by Gasteiger charge is -2.45. The van der Waals surface area contributed by atoms with Crippen molar-refractivity contribution in [3.05, 3.63) is 54.0 Å². The van der Waals surface area contributed by atoms with Gasteiger partial charge < -0.3 is 19.3 Å². The first kappa shape index (κ1) is 32.1. The summed E-state index contributed by atoms with van der Waals surface area (Å²) in [5, 5.41) is 2.14. The van der Waals surface area contributed by atoms with Gasteiger partial charge in [0.05, 0.1) is 10.9 Å². The molecule has 10 nitrogen and oxygen atoms in total. The van der Waals surface area contributed by atoms with Crippen LogP contribution >= 0.6 is 0 Å². The topological polar surface area (TPSA) is 101 Å². The molecule has 2 aromatic carbocycles. The van der Waals surface area contributed by atoms with Crippen LogP contribution in [0, 0.1) is 30.0 Å². The number of amides is 1. The van der Waals surface area contributed by atoms with Gasteiger partial charge in [-0.25, -0.2) is 4.39 Å². The van der Waals surface area contributed by atoms with Gasteiger partial charge in [-0.2, -0.15) is 9.97 Å². The maximum Gasteiger partial charge on any atom is 0.319 e. The number of hydrogen-bond donors (Lipinski definition) is 0. The summed E-state index contributed by atoms with van der Waals surface area (Å²) in [7, 11) is 0. The van der Waals surface area contributed by atoms with Gasteiger partial charge in [0.25, 0.3) is 5.91 Å². The number of halogens is 1. The Hall–Kier alpha value is -4.82. The fourth-order valence-corrected chi connectivity index (χ4v) is 9.57. The number of cyclic esters (lactones) is 1. The van der Waals surface area contributed by atoms with E-state index in [-0.39, 0.29) is 52.6 Å². The lowest BCUT2D eigenvalue weighted by molar-refractivity contribution is -0.197. The van der Waals surface area contributed by atoms with Crippen molar-refractivity contribution in [1.29, 1.82) is 0 Å². The van der Waals surface area contributed by atoms with E-state index in [0.29, 0.717) is 42.0 Å². The van der Waals surface area contributed by atoms with Crippen molar-refractivity contribution in [2.75, 3.05) is 37.7 Å². The molecule has 0 saturated carbocycles. The SMILES string of the molecule is C#Cc1cccc2cccc(-c3ncc4c(N5CC6CC[C@H](C5)N6C(=O)[C@@H]5OC(=O)[C@@H]5C(C)C)nc(OCC56CCCN5CCC6)nc4c3F)c12. The molecule has 0 radical (unpaired) electrons. The standard InChI is InChI=1S/C40H41FN6O4/c1-4-24-9-5-10-25-11-6-12-28(31(24)25)33-32(41)34-29(19-42-33)36(44-39(43-34)50-22-40-15-7-17-46(40)18-8-16-40)45-20-26-13-14-27(21-45)47(26)37(48)35-30(23(2)3)38(49)51-35/h1,5-6,9-12,19,23,26-27,30,35H,7-8,13-18,20-22H2,2-3H3/t26-,27?,30-,35-/m1/s1. The minimum absolute atomic E-state index is 0.0179. The van der Waals surface area contributed by atoms with Crippen molar-refractivity contribution in [1.82, 2.24) is 24.8 Å². The van der Waals surface area contributed by atoms with Crippen LogP contribution in [0.2, 0.25) is 0 Å². The summed E-state index contributed by atoms with van der Waals surface area (Å²) in [6.45, 7) is 7.45. The summed E-state index contributed by atoms with van der Waals surface area (Å²) >= 11 is 0. The first-order valence-corrected chi connectivity index (χ1v) is 18.3. The zero-order chi connectivity index (χ0) is 35.0. The monoisotopic (exact) mass is 688 g/mol. The van der Waals surface area contributed by atoms with Gasteiger partial charge in [-0.15, -0.1) is 6.42 Å². The van der Waals surface area contributed by atoms with Gasteiger partial charge in [0.2, 0.25) is 0 Å². The van der Waals surface area contributed by atoms with Crippen molar-refractivity contribution < 1.29 is 23.5 Å². The summed E-state index contributed by atoms with van der Waals surface area (Å²) in [6, 6.07) is 11.3. The van der Waals surface area contributed by atoms with Crippen LogP contribution in [0.1, 0.15) is 57.9 Å². The quantitative estimate of drug-likeness (QED) is 0.188. The molecule has 5 aliphatic heterocycles. The molecule has 4 atom stereocenters. The Bertz CT molecular complexity index is 2100. The van der Waals surface area contributed by atoms with Crippen LogP contribution in [0.25, 0.3) is 32.9 Å². The Morgan fingerprint density at radius 2 is 1.82 bits per heavy atom. The number of pyridine rings is 1. The van der Waals surface area contributed by atoms with Crippen LogP contribution in [-0.4, -0.2) is 93.1 Å².